The van der Waals surface area contributed by atoms with Crippen molar-refractivity contribution in [1.82, 2.24) is 30.7 Å². The molecule has 7 saturated carbocycles. The van der Waals surface area contributed by atoms with Crippen LogP contribution in [-0.4, -0.2) is 211 Å². The maximum atomic E-state index is 13.2. The molecule has 1 aromatic carbocycles. The van der Waals surface area contributed by atoms with Gasteiger partial charge in [0.15, 0.2) is 0 Å². The number of nitrogens with one attached hydrogen (secondary N) is 4. The molecule has 12 rings (SSSR count). The van der Waals surface area contributed by atoms with Crippen LogP contribution in [0.5, 0.6) is 5.75 Å². The van der Waals surface area contributed by atoms with Crippen LogP contribution in [0, 0.1) is 45.8 Å². The van der Waals surface area contributed by atoms with Gasteiger partial charge in [-0.3, -0.25) is 48.2 Å². The SMILES string of the molecule is CC(C)(C)OC(=O)N1CC2(CCC2)C[C@H]1C(=O)O.COC(=O)[C@@H](C)C[C@@H]1CCCC1=O.COC(=O)[C@@H](N)C[C@@H]1CCCC1=O.COC(=O)[C@H](C[C@@H]1CCCC1=O)NC(=O)[C@@H]1CC2(CCC2)CN1.COC(=O)[C@H](C[C@@H]1CCCC1=O)NC(=O)[C@@H]1CC2(CCC2)CN1C(=O)OC(C)(C)C.COc1cccc2[nH]c(C(=O)O)cc12.Cl. The van der Waals surface area contributed by atoms with E-state index in [1.54, 1.807) is 60.8 Å². The number of hydrogen-bond donors (Lipinski definition) is 7. The number of esters is 4. The molecule has 10 aliphatic rings. The van der Waals surface area contributed by atoms with Gasteiger partial charge in [-0.2, -0.15) is 0 Å². The standard InChI is InChI=1S/C22H34N2O6.C17H26N2O4.C13H21NO4.C10H9NO3.C10H16O3.C9H15NO3.ClH/c1-21(2,3)30-20(28)24-13-22(9-6-10-22)12-16(24)18(26)23-15(19(27)29-4)11-14-7-5-8-17(14)25;1-23-16(22)12(8-11-4-2-5-14(11)20)19-15(21)13-9-17(10-18-13)6-3-7-17;1-12(2,3)18-11(17)14-8-13(5-4-6-13)7-9(14)10(15)16;1-14-9-4-2-3-7-6(9)5-8(11-7)10(12)13;1-7(10(12)13-2)6-8-4-3-5-9(8)11;1-13-9(12)7(10)5-6-3-2-4-8(6)11;/h14-16H,5-13H2,1-4H3,(H,23,26);11-13,18H,2-10H2,1H3,(H,19,21);9H,4-8H2,1-3H3,(H,15,16);2-5,11H,1H3,(H,12,13);7-8H,3-6H2,1-2H3;6-7H,2-5,10H2,1H3;1H/t14-,15-,16-;11-,12-,13-;9-;;7-,8-;6-,7-;/m000.00./s1. The number of aliphatic carboxylic acids is 1. The van der Waals surface area contributed by atoms with Gasteiger partial charge in [-0.1, -0.05) is 32.3 Å². The van der Waals surface area contributed by atoms with Crippen molar-refractivity contribution in [3.63, 3.8) is 0 Å². The number of carbonyl (C=O) groups is 14. The van der Waals surface area contributed by atoms with Crippen molar-refractivity contribution >= 4 is 106 Å². The number of H-pyrrole nitrogens is 1. The first-order valence-corrected chi connectivity index (χ1v) is 39.4. The maximum Gasteiger partial charge on any atom is 0.411 e. The first-order chi connectivity index (χ1) is 52.3. The van der Waals surface area contributed by atoms with Gasteiger partial charge < -0.3 is 70.0 Å². The fraction of sp³-hybridized carbons (Fsp3) is 0.728. The number of benzene rings is 1. The predicted molar refractivity (Wildman–Crippen MR) is 412 cm³/mol. The minimum absolute atomic E-state index is 0. The number of Topliss-reactive ketones (excluding diaryl/α,β-unsaturated/α-hetero) is 4. The normalized spacial score (nSPS) is 24.3. The van der Waals surface area contributed by atoms with Crippen LogP contribution in [0.4, 0.5) is 9.59 Å². The summed E-state index contributed by atoms with van der Waals surface area (Å²) in [5, 5.41) is 27.7. The van der Waals surface area contributed by atoms with Gasteiger partial charge in [-0.05, 0) is 211 Å². The van der Waals surface area contributed by atoms with Gasteiger partial charge >= 0.3 is 48.0 Å². The summed E-state index contributed by atoms with van der Waals surface area (Å²) < 4.78 is 34.7. The quantitative estimate of drug-likeness (QED) is 0.0508. The van der Waals surface area contributed by atoms with Crippen molar-refractivity contribution < 1.29 is 110 Å². The predicted octanol–water partition coefficient (Wildman–Crippen LogP) is 9.87. The highest BCUT2D eigenvalue weighted by atomic mass is 35.5. The van der Waals surface area contributed by atoms with E-state index in [9.17, 15) is 72.2 Å². The number of fused-ring (bicyclic) bond motifs is 1. The number of carboxylic acid groups (broad SMARTS) is 2. The summed E-state index contributed by atoms with van der Waals surface area (Å²) in [4.78, 5) is 171. The Morgan fingerprint density at radius 3 is 1.32 bits per heavy atom. The first kappa shape index (κ1) is 92.6. The molecule has 0 bridgehead atoms. The van der Waals surface area contributed by atoms with E-state index in [2.05, 4.69) is 30.4 Å². The van der Waals surface area contributed by atoms with E-state index in [4.69, 9.17) is 34.5 Å². The summed E-state index contributed by atoms with van der Waals surface area (Å²) in [5.74, 6) is -2.97. The van der Waals surface area contributed by atoms with Crippen LogP contribution in [0.2, 0.25) is 0 Å². The smallest absolute Gasteiger partial charge is 0.411 e. The molecule has 3 aliphatic heterocycles. The molecule has 112 heavy (non-hydrogen) atoms. The molecular weight excluding hydrogens is 1470 g/mol. The Balaban J connectivity index is 0.000000215. The number of carboxylic acids is 2. The second-order valence-electron chi connectivity index (χ2n) is 34.0. The Morgan fingerprint density at radius 2 is 0.955 bits per heavy atom. The lowest BCUT2D eigenvalue weighted by molar-refractivity contribution is -0.146. The molecule has 30 nitrogen and oxygen atoms in total. The molecule has 1 aromatic heterocycles. The van der Waals surface area contributed by atoms with Crippen molar-refractivity contribution in [2.24, 2.45) is 51.6 Å². The Kier molecular flexibility index (Phi) is 34.0. The molecule has 3 spiro atoms. The topological polar surface area (TPSA) is 428 Å². The zero-order valence-corrected chi connectivity index (χ0v) is 68.2. The Morgan fingerprint density at radius 1 is 0.545 bits per heavy atom. The third-order valence-corrected chi connectivity index (χ3v) is 23.5. The molecule has 8 N–H and O–H groups in total. The molecule has 11 atom stereocenters. The van der Waals surface area contributed by atoms with Crippen molar-refractivity contribution in [2.75, 3.05) is 55.2 Å². The van der Waals surface area contributed by atoms with Gasteiger partial charge in [0.1, 0.15) is 76.0 Å². The van der Waals surface area contributed by atoms with E-state index < -0.39 is 83.4 Å². The molecule has 10 fully saturated rings. The number of aromatic nitrogens is 1. The zero-order valence-electron chi connectivity index (χ0n) is 67.4. The maximum absolute atomic E-state index is 13.2. The van der Waals surface area contributed by atoms with E-state index in [1.165, 1.54) is 57.5 Å². The second-order valence-corrected chi connectivity index (χ2v) is 34.0. The first-order valence-electron chi connectivity index (χ1n) is 39.4. The Hall–Kier alpha value is -8.25. The second kappa shape index (κ2) is 41.2. The molecule has 31 heteroatoms. The average Bonchev–Trinajstić information content (AvgIpc) is 1.62. The number of hydrogen-bond acceptors (Lipinski definition) is 23. The Labute approximate surface area is 662 Å². The van der Waals surface area contributed by atoms with Crippen LogP contribution in [0.15, 0.2) is 24.3 Å². The van der Waals surface area contributed by atoms with Gasteiger partial charge in [0, 0.05) is 79.9 Å². The van der Waals surface area contributed by atoms with Crippen molar-refractivity contribution in [1.29, 1.82) is 0 Å². The minimum Gasteiger partial charge on any atom is -0.496 e. The molecule has 626 valence electrons. The van der Waals surface area contributed by atoms with Gasteiger partial charge in [-0.25, -0.2) is 28.8 Å². The number of amides is 4. The molecule has 3 saturated heterocycles. The number of aromatic amines is 1. The summed E-state index contributed by atoms with van der Waals surface area (Å²) >= 11 is 0. The van der Waals surface area contributed by atoms with Gasteiger partial charge in [0.25, 0.3) is 0 Å². The number of ketones is 4. The van der Waals surface area contributed by atoms with Crippen molar-refractivity contribution in [3.05, 3.63) is 30.0 Å². The molecule has 0 radical (unpaired) electrons. The number of aromatic carboxylic acids is 1. The van der Waals surface area contributed by atoms with Crippen molar-refractivity contribution in [2.45, 2.75) is 276 Å². The number of ether oxygens (including phenoxy) is 7. The third-order valence-electron chi connectivity index (χ3n) is 23.5. The number of methoxy groups -OCH3 is 5. The summed E-state index contributed by atoms with van der Waals surface area (Å²) in [6.07, 6.45) is 21.8. The molecule has 4 amide bonds. The molecule has 0 unspecified atom stereocenters. The molecule has 2 aromatic rings. The van der Waals surface area contributed by atoms with Crippen LogP contribution in [0.3, 0.4) is 0 Å². The van der Waals surface area contributed by atoms with Gasteiger partial charge in [0.05, 0.1) is 47.5 Å². The summed E-state index contributed by atoms with van der Waals surface area (Å²) in [7, 11) is 6.83. The van der Waals surface area contributed by atoms with E-state index >= 15 is 0 Å². The largest absolute Gasteiger partial charge is 0.496 e. The highest BCUT2D eigenvalue weighted by molar-refractivity contribution is 5.97. The molecular formula is C81H122ClN7O23. The fourth-order valence-corrected chi connectivity index (χ4v) is 16.9. The van der Waals surface area contributed by atoms with Gasteiger partial charge in [0.2, 0.25) is 11.8 Å². The number of halogens is 1. The third kappa shape index (κ3) is 25.6. The van der Waals surface area contributed by atoms with Gasteiger partial charge in [-0.15, -0.1) is 12.4 Å². The summed E-state index contributed by atoms with van der Waals surface area (Å²) in [6.45, 7) is 14.5. The summed E-state index contributed by atoms with van der Waals surface area (Å²) in [5.41, 5.74) is 5.53. The number of rotatable bonds is 19. The highest BCUT2D eigenvalue weighted by Crippen LogP contribution is 2.52. The minimum atomic E-state index is -0.969. The van der Waals surface area contributed by atoms with Crippen LogP contribution >= 0.6 is 12.4 Å². The molecule has 4 heterocycles. The molecule has 7 aliphatic carbocycles. The van der Waals surface area contributed by atoms with Crippen LogP contribution in [0.25, 0.3) is 10.9 Å². The van der Waals surface area contributed by atoms with E-state index in [0.717, 1.165) is 114 Å². The lowest BCUT2D eigenvalue weighted by Gasteiger charge is -2.37. The lowest BCUT2D eigenvalue weighted by Crippen LogP contribution is -2.52. The van der Waals surface area contributed by atoms with E-state index in [0.29, 0.717) is 87.8 Å². The fourth-order valence-electron chi connectivity index (χ4n) is 16.9. The summed E-state index contributed by atoms with van der Waals surface area (Å²) in [6, 6.07) is 3.07. The highest BCUT2D eigenvalue weighted by Gasteiger charge is 2.55. The van der Waals surface area contributed by atoms with Crippen LogP contribution in [0.1, 0.15) is 239 Å². The lowest BCUT2D eigenvalue weighted by atomic mass is 9.67. The number of likely N-dealkylation sites (tertiary alicyclic amines) is 2. The zero-order chi connectivity index (χ0) is 81.9. The van der Waals surface area contributed by atoms with E-state index in [-0.39, 0.29) is 106 Å². The number of nitrogens with zero attached hydrogens (tertiary/aromatic N) is 2. The van der Waals surface area contributed by atoms with E-state index in [1.807, 2.05) is 19.1 Å². The number of carbonyl (C=O) groups excluding carboxylic acids is 12. The van der Waals surface area contributed by atoms with Crippen LogP contribution < -0.4 is 26.4 Å². The Bertz CT molecular complexity index is 3620. The van der Waals surface area contributed by atoms with Crippen LogP contribution in [-0.2, 0) is 81.2 Å². The van der Waals surface area contributed by atoms with Crippen molar-refractivity contribution in [3.8, 4) is 5.75 Å². The monoisotopic (exact) mass is 1600 g/mol. The average molecular weight is 1600 g/mol. The number of nitrogens with two attached hydrogens (primary N) is 1.